The average molecular weight is 304 g/mol. The Kier molecular flexibility index (Phi) is 3.38. The van der Waals surface area contributed by atoms with E-state index in [0.29, 0.717) is 10.7 Å². The standard InChI is InChI=1S/C14H10ClN3OS/c1-8-4-5-11-10(7-8)17-14(20-11)18-13(19)9-3-2-6-16-12(9)15/h2-7H,1H3,(H,17,18,19). The van der Waals surface area contributed by atoms with Crippen LogP contribution in [0.1, 0.15) is 15.9 Å². The van der Waals surface area contributed by atoms with Gasteiger partial charge in [-0.25, -0.2) is 9.97 Å². The second-order valence-corrected chi connectivity index (χ2v) is 5.67. The van der Waals surface area contributed by atoms with E-state index in [4.69, 9.17) is 11.6 Å². The van der Waals surface area contributed by atoms with Crippen LogP contribution in [0.2, 0.25) is 5.15 Å². The summed E-state index contributed by atoms with van der Waals surface area (Å²) < 4.78 is 1.03. The summed E-state index contributed by atoms with van der Waals surface area (Å²) in [4.78, 5) is 20.4. The molecule has 0 unspecified atom stereocenters. The van der Waals surface area contributed by atoms with E-state index in [1.165, 1.54) is 11.3 Å². The number of pyridine rings is 1. The summed E-state index contributed by atoms with van der Waals surface area (Å²) >= 11 is 7.32. The highest BCUT2D eigenvalue weighted by Crippen LogP contribution is 2.27. The molecule has 2 aromatic heterocycles. The van der Waals surface area contributed by atoms with Crippen LogP contribution >= 0.6 is 22.9 Å². The molecule has 0 atom stereocenters. The van der Waals surface area contributed by atoms with Gasteiger partial charge in [-0.2, -0.15) is 0 Å². The van der Waals surface area contributed by atoms with Crippen molar-refractivity contribution in [1.82, 2.24) is 9.97 Å². The van der Waals surface area contributed by atoms with Crippen LogP contribution < -0.4 is 5.32 Å². The third-order valence-electron chi connectivity index (χ3n) is 2.77. The van der Waals surface area contributed by atoms with Gasteiger partial charge < -0.3 is 0 Å². The van der Waals surface area contributed by atoms with Crippen LogP contribution in [0.4, 0.5) is 5.13 Å². The Morgan fingerprint density at radius 2 is 2.20 bits per heavy atom. The van der Waals surface area contributed by atoms with Crippen LogP contribution in [0, 0.1) is 6.92 Å². The molecule has 0 radical (unpaired) electrons. The van der Waals surface area contributed by atoms with Gasteiger partial charge in [-0.1, -0.05) is 29.0 Å². The Hall–Kier alpha value is -1.98. The molecule has 0 aliphatic heterocycles. The molecule has 0 fully saturated rings. The lowest BCUT2D eigenvalue weighted by molar-refractivity contribution is 0.102. The molecule has 6 heteroatoms. The number of rotatable bonds is 2. The van der Waals surface area contributed by atoms with Gasteiger partial charge in [0.1, 0.15) is 5.15 Å². The lowest BCUT2D eigenvalue weighted by Crippen LogP contribution is -2.12. The fourth-order valence-electron chi connectivity index (χ4n) is 1.81. The van der Waals surface area contributed by atoms with Crippen LogP contribution in [0.25, 0.3) is 10.2 Å². The molecule has 0 saturated carbocycles. The Labute approximate surface area is 124 Å². The van der Waals surface area contributed by atoms with E-state index in [2.05, 4.69) is 15.3 Å². The highest BCUT2D eigenvalue weighted by atomic mass is 35.5. The first-order valence-corrected chi connectivity index (χ1v) is 7.12. The highest BCUT2D eigenvalue weighted by Gasteiger charge is 2.13. The third kappa shape index (κ3) is 2.50. The van der Waals surface area contributed by atoms with Gasteiger partial charge in [0.05, 0.1) is 15.8 Å². The molecule has 1 aromatic carbocycles. The number of nitrogens with zero attached hydrogens (tertiary/aromatic N) is 2. The van der Waals surface area contributed by atoms with Gasteiger partial charge in [-0.05, 0) is 36.8 Å². The molecule has 2 heterocycles. The van der Waals surface area contributed by atoms with Crippen molar-refractivity contribution in [2.75, 3.05) is 5.32 Å². The molecule has 4 nitrogen and oxygen atoms in total. The summed E-state index contributed by atoms with van der Waals surface area (Å²) in [6, 6.07) is 9.29. The second-order valence-electron chi connectivity index (χ2n) is 4.29. The average Bonchev–Trinajstić information content (AvgIpc) is 2.80. The maximum Gasteiger partial charge on any atom is 0.260 e. The molecule has 0 bridgehead atoms. The number of hydrogen-bond acceptors (Lipinski definition) is 4. The SMILES string of the molecule is Cc1ccc2sc(NC(=O)c3cccnc3Cl)nc2c1. The molecule has 1 amide bonds. The topological polar surface area (TPSA) is 54.9 Å². The van der Waals surface area contributed by atoms with E-state index < -0.39 is 0 Å². The van der Waals surface area contributed by atoms with Crippen molar-refractivity contribution in [2.24, 2.45) is 0 Å². The minimum atomic E-state index is -0.307. The number of carbonyl (C=O) groups excluding carboxylic acids is 1. The first kappa shape index (κ1) is 13.0. The molecule has 20 heavy (non-hydrogen) atoms. The molecular weight excluding hydrogens is 294 g/mol. The number of nitrogens with one attached hydrogen (secondary N) is 1. The number of carbonyl (C=O) groups is 1. The van der Waals surface area contributed by atoms with Crippen molar-refractivity contribution in [3.05, 3.63) is 52.8 Å². The number of thiazole rings is 1. The van der Waals surface area contributed by atoms with Crippen molar-refractivity contribution in [2.45, 2.75) is 6.92 Å². The summed E-state index contributed by atoms with van der Waals surface area (Å²) in [7, 11) is 0. The molecule has 3 rings (SSSR count). The summed E-state index contributed by atoms with van der Waals surface area (Å²) in [6.07, 6.45) is 1.54. The van der Waals surface area contributed by atoms with Crippen LogP contribution in [0.5, 0.6) is 0 Å². The van der Waals surface area contributed by atoms with Crippen LogP contribution in [0.3, 0.4) is 0 Å². The Balaban J connectivity index is 1.89. The first-order chi connectivity index (χ1) is 9.63. The van der Waals surface area contributed by atoms with Crippen molar-refractivity contribution >= 4 is 44.2 Å². The maximum absolute atomic E-state index is 12.1. The van der Waals surface area contributed by atoms with E-state index >= 15 is 0 Å². The predicted octanol–water partition coefficient (Wildman–Crippen LogP) is 3.91. The van der Waals surface area contributed by atoms with Gasteiger partial charge >= 0.3 is 0 Å². The number of fused-ring (bicyclic) bond motifs is 1. The number of anilines is 1. The minimum absolute atomic E-state index is 0.182. The van der Waals surface area contributed by atoms with Gasteiger partial charge in [0.2, 0.25) is 0 Å². The van der Waals surface area contributed by atoms with Gasteiger partial charge in [-0.15, -0.1) is 0 Å². The van der Waals surface area contributed by atoms with Crippen LogP contribution in [-0.2, 0) is 0 Å². The zero-order valence-electron chi connectivity index (χ0n) is 10.6. The van der Waals surface area contributed by atoms with Crippen molar-refractivity contribution in [1.29, 1.82) is 0 Å². The number of amides is 1. The fraction of sp³-hybridized carbons (Fsp3) is 0.0714. The molecule has 3 aromatic rings. The number of benzene rings is 1. The molecule has 1 N–H and O–H groups in total. The monoisotopic (exact) mass is 303 g/mol. The smallest absolute Gasteiger partial charge is 0.260 e. The zero-order chi connectivity index (χ0) is 14.1. The second kappa shape index (κ2) is 5.19. The maximum atomic E-state index is 12.1. The van der Waals surface area contributed by atoms with Crippen LogP contribution in [-0.4, -0.2) is 15.9 Å². The fourth-order valence-corrected chi connectivity index (χ4v) is 2.86. The van der Waals surface area contributed by atoms with Crippen molar-refractivity contribution in [3.8, 4) is 0 Å². The van der Waals surface area contributed by atoms with Gasteiger partial charge in [0.15, 0.2) is 5.13 Å². The van der Waals surface area contributed by atoms with Gasteiger partial charge in [0.25, 0.3) is 5.91 Å². The number of aromatic nitrogens is 2. The number of aryl methyl sites for hydroxylation is 1. The van der Waals surface area contributed by atoms with Crippen molar-refractivity contribution in [3.63, 3.8) is 0 Å². The highest BCUT2D eigenvalue weighted by molar-refractivity contribution is 7.22. The Morgan fingerprint density at radius 3 is 3.00 bits per heavy atom. The van der Waals surface area contributed by atoms with E-state index in [1.807, 2.05) is 25.1 Å². The third-order valence-corrected chi connectivity index (χ3v) is 4.02. The van der Waals surface area contributed by atoms with Gasteiger partial charge in [0, 0.05) is 6.20 Å². The summed E-state index contributed by atoms with van der Waals surface area (Å²) in [5, 5.41) is 3.49. The predicted molar refractivity (Wildman–Crippen MR) is 81.6 cm³/mol. The minimum Gasteiger partial charge on any atom is -0.298 e. The van der Waals surface area contributed by atoms with E-state index in [1.54, 1.807) is 18.3 Å². The van der Waals surface area contributed by atoms with Crippen LogP contribution in [0.15, 0.2) is 36.5 Å². The lowest BCUT2D eigenvalue weighted by atomic mass is 10.2. The Morgan fingerprint density at radius 1 is 1.35 bits per heavy atom. The largest absolute Gasteiger partial charge is 0.298 e. The molecule has 0 aliphatic rings. The van der Waals surface area contributed by atoms with E-state index in [0.717, 1.165) is 15.8 Å². The zero-order valence-corrected chi connectivity index (χ0v) is 12.1. The first-order valence-electron chi connectivity index (χ1n) is 5.92. The molecule has 0 spiro atoms. The molecular formula is C14H10ClN3OS. The number of hydrogen-bond donors (Lipinski definition) is 1. The van der Waals surface area contributed by atoms with E-state index in [-0.39, 0.29) is 11.1 Å². The molecule has 0 aliphatic carbocycles. The number of halogens is 1. The summed E-state index contributed by atoms with van der Waals surface area (Å²) in [6.45, 7) is 2.01. The summed E-state index contributed by atoms with van der Waals surface area (Å²) in [5.41, 5.74) is 2.35. The quantitative estimate of drug-likeness (QED) is 0.730. The summed E-state index contributed by atoms with van der Waals surface area (Å²) in [5.74, 6) is -0.307. The molecule has 100 valence electrons. The van der Waals surface area contributed by atoms with E-state index in [9.17, 15) is 4.79 Å². The van der Waals surface area contributed by atoms with Crippen molar-refractivity contribution < 1.29 is 4.79 Å². The Bertz CT molecular complexity index is 800. The lowest BCUT2D eigenvalue weighted by Gasteiger charge is -2.02. The normalized spacial score (nSPS) is 10.7. The van der Waals surface area contributed by atoms with Gasteiger partial charge in [-0.3, -0.25) is 10.1 Å². The molecule has 0 saturated heterocycles.